The first kappa shape index (κ1) is 13.8. The molecule has 1 amide bonds. The summed E-state index contributed by atoms with van der Waals surface area (Å²) in [5.41, 5.74) is 4.42. The van der Waals surface area contributed by atoms with Gasteiger partial charge in [-0.15, -0.1) is 0 Å². The lowest BCUT2D eigenvalue weighted by Gasteiger charge is -2.06. The monoisotopic (exact) mass is 299 g/mol. The van der Waals surface area contributed by atoms with E-state index in [9.17, 15) is 19.1 Å². The largest absolute Gasteiger partial charge is 0.507 e. The van der Waals surface area contributed by atoms with Gasteiger partial charge < -0.3 is 15.3 Å². The highest BCUT2D eigenvalue weighted by molar-refractivity contribution is 6.04. The number of halogens is 1. The smallest absolute Gasteiger partial charge is 0.344 e. The van der Waals surface area contributed by atoms with Crippen LogP contribution in [-0.4, -0.2) is 11.0 Å². The Morgan fingerprint density at radius 3 is 2.55 bits per heavy atom. The highest BCUT2D eigenvalue weighted by Gasteiger charge is 2.16. The van der Waals surface area contributed by atoms with Gasteiger partial charge in [0.15, 0.2) is 5.58 Å². The SMILES string of the molecule is NC(=O)c1cc(F)cc2cc(-c3ccccc3O)c(=O)oc12. The van der Waals surface area contributed by atoms with E-state index >= 15 is 0 Å². The number of carbonyl (C=O) groups is 1. The van der Waals surface area contributed by atoms with Gasteiger partial charge in [0.2, 0.25) is 0 Å². The summed E-state index contributed by atoms with van der Waals surface area (Å²) in [6.45, 7) is 0. The van der Waals surface area contributed by atoms with Crippen molar-refractivity contribution in [2.45, 2.75) is 0 Å². The van der Waals surface area contributed by atoms with Crippen LogP contribution in [0.3, 0.4) is 0 Å². The van der Waals surface area contributed by atoms with Gasteiger partial charge in [-0.05, 0) is 24.3 Å². The molecule has 0 bridgehead atoms. The standard InChI is InChI=1S/C16H10FNO4/c17-9-5-8-6-11(10-3-1-2-4-13(10)19)16(21)22-14(8)12(7-9)15(18)20/h1-7,19H,(H2,18,20). The third kappa shape index (κ3) is 2.20. The number of para-hydroxylation sites is 1. The van der Waals surface area contributed by atoms with E-state index in [1.165, 1.54) is 18.2 Å². The van der Waals surface area contributed by atoms with Crippen molar-refractivity contribution in [3.05, 3.63) is 64.3 Å². The fourth-order valence-corrected chi connectivity index (χ4v) is 2.27. The Kier molecular flexibility index (Phi) is 3.14. The maximum absolute atomic E-state index is 13.6. The fraction of sp³-hybridized carbons (Fsp3) is 0. The number of hydrogen-bond donors (Lipinski definition) is 2. The summed E-state index contributed by atoms with van der Waals surface area (Å²) in [6, 6.07) is 9.57. The van der Waals surface area contributed by atoms with Crippen molar-refractivity contribution in [3.63, 3.8) is 0 Å². The molecule has 3 N–H and O–H groups in total. The minimum Gasteiger partial charge on any atom is -0.507 e. The van der Waals surface area contributed by atoms with Gasteiger partial charge in [-0.25, -0.2) is 9.18 Å². The summed E-state index contributed by atoms with van der Waals surface area (Å²) in [5, 5.41) is 10.0. The van der Waals surface area contributed by atoms with Gasteiger partial charge in [0.05, 0.1) is 11.1 Å². The molecule has 1 aromatic heterocycles. The number of amides is 1. The van der Waals surface area contributed by atoms with Gasteiger partial charge >= 0.3 is 5.63 Å². The Morgan fingerprint density at radius 1 is 1.14 bits per heavy atom. The normalized spacial score (nSPS) is 10.8. The van der Waals surface area contributed by atoms with E-state index < -0.39 is 17.3 Å². The van der Waals surface area contributed by atoms with Crippen LogP contribution in [0.2, 0.25) is 0 Å². The first-order valence-corrected chi connectivity index (χ1v) is 6.33. The molecule has 0 fully saturated rings. The number of nitrogens with two attached hydrogens (primary N) is 1. The number of primary amides is 1. The Morgan fingerprint density at radius 2 is 1.86 bits per heavy atom. The molecule has 0 radical (unpaired) electrons. The van der Waals surface area contributed by atoms with E-state index in [1.54, 1.807) is 12.1 Å². The van der Waals surface area contributed by atoms with Crippen LogP contribution in [-0.2, 0) is 0 Å². The molecule has 0 saturated heterocycles. The second-order valence-electron chi connectivity index (χ2n) is 4.70. The lowest BCUT2D eigenvalue weighted by atomic mass is 10.0. The van der Waals surface area contributed by atoms with Gasteiger partial charge in [0.25, 0.3) is 5.91 Å². The second kappa shape index (κ2) is 5.00. The third-order valence-corrected chi connectivity index (χ3v) is 3.26. The summed E-state index contributed by atoms with van der Waals surface area (Å²) in [5.74, 6) is -1.69. The van der Waals surface area contributed by atoms with Gasteiger partial charge in [-0.2, -0.15) is 0 Å². The molecule has 22 heavy (non-hydrogen) atoms. The van der Waals surface area contributed by atoms with E-state index in [1.807, 2.05) is 0 Å². The molecule has 0 aliphatic rings. The molecule has 3 rings (SSSR count). The highest BCUT2D eigenvalue weighted by atomic mass is 19.1. The van der Waals surface area contributed by atoms with E-state index in [2.05, 4.69) is 0 Å². The number of rotatable bonds is 2. The van der Waals surface area contributed by atoms with Crippen LogP contribution >= 0.6 is 0 Å². The van der Waals surface area contributed by atoms with Gasteiger partial charge in [-0.3, -0.25) is 4.79 Å². The lowest BCUT2D eigenvalue weighted by Crippen LogP contribution is -2.13. The Hall–Kier alpha value is -3.15. The molecule has 6 heteroatoms. The van der Waals surface area contributed by atoms with Crippen molar-refractivity contribution in [3.8, 4) is 16.9 Å². The predicted molar refractivity (Wildman–Crippen MR) is 78.1 cm³/mol. The summed E-state index contributed by atoms with van der Waals surface area (Å²) >= 11 is 0. The van der Waals surface area contributed by atoms with Crippen LogP contribution in [0.25, 0.3) is 22.1 Å². The lowest BCUT2D eigenvalue weighted by molar-refractivity contribution is 0.100. The number of hydrogen-bond acceptors (Lipinski definition) is 4. The van der Waals surface area contributed by atoms with Gasteiger partial charge in [-0.1, -0.05) is 18.2 Å². The summed E-state index contributed by atoms with van der Waals surface area (Å²) in [4.78, 5) is 23.5. The number of aromatic hydroxyl groups is 1. The molecule has 0 unspecified atom stereocenters. The van der Waals surface area contributed by atoms with E-state index in [0.29, 0.717) is 0 Å². The van der Waals surface area contributed by atoms with E-state index in [4.69, 9.17) is 10.2 Å². The maximum Gasteiger partial charge on any atom is 0.344 e. The number of carbonyl (C=O) groups excluding carboxylic acids is 1. The predicted octanol–water partition coefficient (Wildman–Crippen LogP) is 2.40. The van der Waals surface area contributed by atoms with Crippen LogP contribution in [0.1, 0.15) is 10.4 Å². The van der Waals surface area contributed by atoms with Crippen LogP contribution in [0, 0.1) is 5.82 Å². The molecule has 0 aliphatic heterocycles. The van der Waals surface area contributed by atoms with Crippen molar-refractivity contribution >= 4 is 16.9 Å². The Balaban J connectivity index is 2.37. The summed E-state index contributed by atoms with van der Waals surface area (Å²) in [6.07, 6.45) is 0. The molecule has 110 valence electrons. The minimum atomic E-state index is -0.900. The molecule has 0 atom stereocenters. The molecule has 2 aromatic carbocycles. The first-order chi connectivity index (χ1) is 10.5. The van der Waals surface area contributed by atoms with Gasteiger partial charge in [0.1, 0.15) is 11.6 Å². The average molecular weight is 299 g/mol. The van der Waals surface area contributed by atoms with Crippen LogP contribution in [0.4, 0.5) is 4.39 Å². The van der Waals surface area contributed by atoms with Crippen molar-refractivity contribution in [1.29, 1.82) is 0 Å². The van der Waals surface area contributed by atoms with E-state index in [-0.39, 0.29) is 33.4 Å². The number of benzene rings is 2. The molecule has 1 heterocycles. The summed E-state index contributed by atoms with van der Waals surface area (Å²) < 4.78 is 18.7. The van der Waals surface area contributed by atoms with Crippen LogP contribution in [0.15, 0.2) is 51.7 Å². The molecule has 0 aliphatic carbocycles. The molecule has 5 nitrogen and oxygen atoms in total. The summed E-state index contributed by atoms with van der Waals surface area (Å²) in [7, 11) is 0. The van der Waals surface area contributed by atoms with Crippen LogP contribution < -0.4 is 11.4 Å². The average Bonchev–Trinajstić information content (AvgIpc) is 2.47. The Bertz CT molecular complexity index is 962. The first-order valence-electron chi connectivity index (χ1n) is 6.33. The zero-order chi connectivity index (χ0) is 15.9. The van der Waals surface area contributed by atoms with Crippen molar-refractivity contribution in [2.24, 2.45) is 5.73 Å². The Labute approximate surface area is 123 Å². The quantitative estimate of drug-likeness (QED) is 0.710. The highest BCUT2D eigenvalue weighted by Crippen LogP contribution is 2.29. The van der Waals surface area contributed by atoms with E-state index in [0.717, 1.165) is 12.1 Å². The van der Waals surface area contributed by atoms with Crippen LogP contribution in [0.5, 0.6) is 5.75 Å². The zero-order valence-corrected chi connectivity index (χ0v) is 11.2. The number of fused-ring (bicyclic) bond motifs is 1. The second-order valence-corrected chi connectivity index (χ2v) is 4.70. The zero-order valence-electron chi connectivity index (χ0n) is 11.2. The number of phenolic OH excluding ortho intramolecular Hbond substituents is 1. The topological polar surface area (TPSA) is 93.5 Å². The van der Waals surface area contributed by atoms with Gasteiger partial charge in [0, 0.05) is 10.9 Å². The molecular weight excluding hydrogens is 289 g/mol. The third-order valence-electron chi connectivity index (χ3n) is 3.26. The molecule has 0 saturated carbocycles. The maximum atomic E-state index is 13.6. The molecular formula is C16H10FNO4. The van der Waals surface area contributed by atoms with Crippen molar-refractivity contribution < 1.29 is 18.7 Å². The molecule has 3 aromatic rings. The number of phenols is 1. The minimum absolute atomic E-state index is 0.0617. The fourth-order valence-electron chi connectivity index (χ4n) is 2.27. The molecule has 0 spiro atoms. The van der Waals surface area contributed by atoms with Crippen molar-refractivity contribution in [2.75, 3.05) is 0 Å². The van der Waals surface area contributed by atoms with Crippen molar-refractivity contribution in [1.82, 2.24) is 0 Å².